The molecule has 0 radical (unpaired) electrons. The molecule has 0 unspecified atom stereocenters. The first-order chi connectivity index (χ1) is 20.1. The van der Waals surface area contributed by atoms with Gasteiger partial charge < -0.3 is 20.4 Å². The summed E-state index contributed by atoms with van der Waals surface area (Å²) in [5.74, 6) is 0.131. The third-order valence-corrected chi connectivity index (χ3v) is 8.68. The van der Waals surface area contributed by atoms with Crippen LogP contribution in [0.4, 0.5) is 23.0 Å². The van der Waals surface area contributed by atoms with Crippen molar-refractivity contribution < 1.29 is 8.42 Å². The van der Waals surface area contributed by atoms with Crippen molar-refractivity contribution in [2.75, 3.05) is 56.8 Å². The van der Waals surface area contributed by atoms with E-state index in [1.54, 1.807) is 29.1 Å². The van der Waals surface area contributed by atoms with E-state index in [0.717, 1.165) is 41.4 Å². The Labute approximate surface area is 246 Å². The standard InChI is InChI=1S/C30H37N9O2S/c1-21-25(19-38(6)35-21)28-24-14-15-39(42(40,41)20-22-10-8-7-9-11-22)29(24)34-30(33-28)32-23-12-13-27(26(18-23)31-2)37(5)17-16-36(3)4/h7-15,18-19,31H,16-17,20H2,1-6H3,(H,32,33,34). The van der Waals surface area contributed by atoms with E-state index in [-0.39, 0.29) is 11.7 Å². The Bertz CT molecular complexity index is 1810. The van der Waals surface area contributed by atoms with Gasteiger partial charge in [0, 0.05) is 63.3 Å². The number of likely N-dealkylation sites (N-methyl/N-ethyl adjacent to an activating group) is 2. The molecule has 0 saturated heterocycles. The highest BCUT2D eigenvalue weighted by Gasteiger charge is 2.23. The second-order valence-electron chi connectivity index (χ2n) is 10.6. The molecule has 5 rings (SSSR count). The zero-order chi connectivity index (χ0) is 30.0. The molecule has 12 heteroatoms. The summed E-state index contributed by atoms with van der Waals surface area (Å²) in [6.07, 6.45) is 3.43. The highest BCUT2D eigenvalue weighted by Crippen LogP contribution is 2.33. The summed E-state index contributed by atoms with van der Waals surface area (Å²) in [4.78, 5) is 13.9. The second-order valence-corrected chi connectivity index (χ2v) is 12.5. The van der Waals surface area contributed by atoms with Gasteiger partial charge in [0.15, 0.2) is 5.65 Å². The highest BCUT2D eigenvalue weighted by molar-refractivity contribution is 7.89. The molecule has 0 bridgehead atoms. The maximum absolute atomic E-state index is 13.6. The molecule has 0 aliphatic rings. The van der Waals surface area contributed by atoms with Gasteiger partial charge in [-0.2, -0.15) is 10.1 Å². The molecule has 0 fully saturated rings. The maximum atomic E-state index is 13.6. The lowest BCUT2D eigenvalue weighted by Crippen LogP contribution is -2.28. The van der Waals surface area contributed by atoms with Crippen molar-refractivity contribution in [3.05, 3.63) is 78.2 Å². The van der Waals surface area contributed by atoms with Gasteiger partial charge in [-0.3, -0.25) is 4.68 Å². The number of hydrogen-bond donors (Lipinski definition) is 2. The van der Waals surface area contributed by atoms with Crippen molar-refractivity contribution in [1.29, 1.82) is 0 Å². The van der Waals surface area contributed by atoms with Crippen molar-refractivity contribution in [1.82, 2.24) is 28.6 Å². The van der Waals surface area contributed by atoms with Gasteiger partial charge in [0.2, 0.25) is 16.0 Å². The van der Waals surface area contributed by atoms with E-state index in [1.165, 1.54) is 3.97 Å². The van der Waals surface area contributed by atoms with Crippen LogP contribution in [0, 0.1) is 6.92 Å². The monoisotopic (exact) mass is 587 g/mol. The van der Waals surface area contributed by atoms with Crippen molar-refractivity contribution in [2.24, 2.45) is 7.05 Å². The Morgan fingerprint density at radius 1 is 0.976 bits per heavy atom. The predicted molar refractivity (Wildman–Crippen MR) is 170 cm³/mol. The fourth-order valence-corrected chi connectivity index (χ4v) is 6.31. The van der Waals surface area contributed by atoms with Crippen LogP contribution in [0.1, 0.15) is 11.3 Å². The Hall–Kier alpha value is -4.42. The molecular formula is C30H37N9O2S. The number of aromatic nitrogens is 5. The molecule has 220 valence electrons. The molecule has 0 aliphatic carbocycles. The normalized spacial score (nSPS) is 11.8. The first-order valence-electron chi connectivity index (χ1n) is 13.7. The SMILES string of the molecule is CNc1cc(Nc2nc(-c3cn(C)nc3C)c3ccn(S(=O)(=O)Cc4ccccc4)c3n2)ccc1N(C)CCN(C)C. The number of hydrogen-bond acceptors (Lipinski definition) is 9. The van der Waals surface area contributed by atoms with Crippen LogP contribution >= 0.6 is 0 Å². The first kappa shape index (κ1) is 29.1. The zero-order valence-corrected chi connectivity index (χ0v) is 25.6. The van der Waals surface area contributed by atoms with E-state index < -0.39 is 10.0 Å². The summed E-state index contributed by atoms with van der Waals surface area (Å²) >= 11 is 0. The summed E-state index contributed by atoms with van der Waals surface area (Å²) in [5, 5.41) is 11.7. The third kappa shape index (κ3) is 6.09. The van der Waals surface area contributed by atoms with Gasteiger partial charge in [0.05, 0.1) is 28.5 Å². The van der Waals surface area contributed by atoms with E-state index in [1.807, 2.05) is 63.6 Å². The second kappa shape index (κ2) is 11.8. The minimum absolute atomic E-state index is 0.153. The van der Waals surface area contributed by atoms with Gasteiger partial charge in [-0.15, -0.1) is 0 Å². The van der Waals surface area contributed by atoms with Crippen LogP contribution in [-0.2, 0) is 22.8 Å². The molecule has 3 aromatic heterocycles. The van der Waals surface area contributed by atoms with E-state index >= 15 is 0 Å². The van der Waals surface area contributed by atoms with Crippen LogP contribution < -0.4 is 15.5 Å². The highest BCUT2D eigenvalue weighted by atomic mass is 32.2. The smallest absolute Gasteiger partial charge is 0.244 e. The van der Waals surface area contributed by atoms with Gasteiger partial charge in [-0.1, -0.05) is 30.3 Å². The predicted octanol–water partition coefficient (Wildman–Crippen LogP) is 4.30. The molecule has 2 aromatic carbocycles. The van der Waals surface area contributed by atoms with E-state index in [4.69, 9.17) is 9.97 Å². The average Bonchev–Trinajstić information content (AvgIpc) is 3.54. The molecule has 0 atom stereocenters. The van der Waals surface area contributed by atoms with Crippen molar-refractivity contribution in [3.8, 4) is 11.3 Å². The van der Waals surface area contributed by atoms with Crippen LogP contribution in [0.25, 0.3) is 22.3 Å². The summed E-state index contributed by atoms with van der Waals surface area (Å²) < 4.78 is 30.2. The quantitative estimate of drug-likeness (QED) is 0.234. The van der Waals surface area contributed by atoms with Crippen molar-refractivity contribution >= 4 is 44.1 Å². The van der Waals surface area contributed by atoms with E-state index in [2.05, 4.69) is 46.7 Å². The van der Waals surface area contributed by atoms with Gasteiger partial charge in [0.1, 0.15) is 0 Å². The van der Waals surface area contributed by atoms with Gasteiger partial charge in [-0.25, -0.2) is 17.4 Å². The molecule has 2 N–H and O–H groups in total. The molecule has 0 saturated carbocycles. The number of anilines is 4. The topological polar surface area (TPSA) is 113 Å². The first-order valence-corrected chi connectivity index (χ1v) is 15.3. The number of rotatable bonds is 11. The molecule has 5 aromatic rings. The number of nitrogens with one attached hydrogen (secondary N) is 2. The lowest BCUT2D eigenvalue weighted by atomic mass is 10.1. The number of nitrogens with zero attached hydrogens (tertiary/aromatic N) is 7. The van der Waals surface area contributed by atoms with Gasteiger partial charge >= 0.3 is 0 Å². The molecule has 11 nitrogen and oxygen atoms in total. The molecule has 42 heavy (non-hydrogen) atoms. The maximum Gasteiger partial charge on any atom is 0.244 e. The van der Waals surface area contributed by atoms with Crippen molar-refractivity contribution in [3.63, 3.8) is 0 Å². The summed E-state index contributed by atoms with van der Waals surface area (Å²) in [6, 6.07) is 16.9. The van der Waals surface area contributed by atoms with Crippen LogP contribution in [0.3, 0.4) is 0 Å². The summed E-state index contributed by atoms with van der Waals surface area (Å²) in [6.45, 7) is 3.71. The molecule has 0 amide bonds. The van der Waals surface area contributed by atoms with Gasteiger partial charge in [-0.05, 0) is 50.8 Å². The molecule has 0 spiro atoms. The summed E-state index contributed by atoms with van der Waals surface area (Å²) in [7, 11) is 6.15. The minimum atomic E-state index is -3.77. The number of fused-ring (bicyclic) bond motifs is 1. The fourth-order valence-electron chi connectivity index (χ4n) is 4.91. The zero-order valence-electron chi connectivity index (χ0n) is 24.8. The lowest BCUT2D eigenvalue weighted by molar-refractivity contribution is 0.416. The Kier molecular flexibility index (Phi) is 8.19. The molecular weight excluding hydrogens is 550 g/mol. The third-order valence-electron chi connectivity index (χ3n) is 7.09. The fraction of sp³-hybridized carbons (Fsp3) is 0.300. The molecule has 3 heterocycles. The molecule has 0 aliphatic heterocycles. The van der Waals surface area contributed by atoms with Crippen LogP contribution in [0.15, 0.2) is 67.0 Å². The number of aryl methyl sites for hydroxylation is 2. The lowest BCUT2D eigenvalue weighted by Gasteiger charge is -2.24. The Morgan fingerprint density at radius 2 is 1.74 bits per heavy atom. The number of benzene rings is 2. The van der Waals surface area contributed by atoms with Crippen molar-refractivity contribution in [2.45, 2.75) is 12.7 Å². The summed E-state index contributed by atoms with van der Waals surface area (Å²) in [5.41, 5.74) is 5.97. The Balaban J connectivity index is 1.57. The van der Waals surface area contributed by atoms with Crippen LogP contribution in [0.2, 0.25) is 0 Å². The van der Waals surface area contributed by atoms with E-state index in [9.17, 15) is 8.42 Å². The van der Waals surface area contributed by atoms with Crippen LogP contribution in [-0.4, -0.2) is 78.3 Å². The Morgan fingerprint density at radius 3 is 2.40 bits per heavy atom. The van der Waals surface area contributed by atoms with E-state index in [0.29, 0.717) is 22.3 Å². The average molecular weight is 588 g/mol. The largest absolute Gasteiger partial charge is 0.386 e. The van der Waals surface area contributed by atoms with Crippen LogP contribution in [0.5, 0.6) is 0 Å². The van der Waals surface area contributed by atoms with Gasteiger partial charge in [0.25, 0.3) is 0 Å². The minimum Gasteiger partial charge on any atom is -0.386 e.